The van der Waals surface area contributed by atoms with E-state index >= 15 is 0 Å². The number of benzene rings is 1. The van der Waals surface area contributed by atoms with Crippen LogP contribution < -0.4 is 5.56 Å². The second kappa shape index (κ2) is 9.40. The van der Waals surface area contributed by atoms with Crippen molar-refractivity contribution in [1.82, 2.24) is 14.5 Å². The molecule has 0 atom stereocenters. The first-order valence-electron chi connectivity index (χ1n) is 10.00. The molecule has 1 fully saturated rings. The van der Waals surface area contributed by atoms with Crippen LogP contribution >= 0.6 is 11.8 Å². The number of amides is 1. The minimum atomic E-state index is -0.00960. The number of carbonyl (C=O) groups excluding carboxylic acids is 1. The van der Waals surface area contributed by atoms with Gasteiger partial charge in [-0.15, -0.1) is 0 Å². The van der Waals surface area contributed by atoms with E-state index in [1.807, 2.05) is 36.2 Å². The number of hydrogen-bond acceptors (Lipinski definition) is 4. The van der Waals surface area contributed by atoms with Crippen LogP contribution in [-0.2, 0) is 11.3 Å². The second-order valence-electron chi connectivity index (χ2n) is 7.31. The lowest BCUT2D eigenvalue weighted by molar-refractivity contribution is -0.129. The van der Waals surface area contributed by atoms with Gasteiger partial charge >= 0.3 is 0 Å². The molecular formula is C21H29N3O2S. The van der Waals surface area contributed by atoms with E-state index in [4.69, 9.17) is 0 Å². The molecule has 0 aliphatic heterocycles. The summed E-state index contributed by atoms with van der Waals surface area (Å²) in [5.41, 5.74) is 0.690. The lowest BCUT2D eigenvalue weighted by Crippen LogP contribution is -2.39. The predicted molar refractivity (Wildman–Crippen MR) is 111 cm³/mol. The Morgan fingerprint density at radius 2 is 2.00 bits per heavy atom. The van der Waals surface area contributed by atoms with E-state index < -0.39 is 0 Å². The molecule has 146 valence electrons. The van der Waals surface area contributed by atoms with Gasteiger partial charge < -0.3 is 4.90 Å². The fourth-order valence-corrected chi connectivity index (χ4v) is 4.62. The summed E-state index contributed by atoms with van der Waals surface area (Å²) in [5, 5.41) is 1.29. The van der Waals surface area contributed by atoms with Crippen molar-refractivity contribution in [1.29, 1.82) is 0 Å². The van der Waals surface area contributed by atoms with Gasteiger partial charge in [0.25, 0.3) is 5.56 Å². The molecule has 0 unspecified atom stereocenters. The molecule has 1 amide bonds. The average molecular weight is 388 g/mol. The van der Waals surface area contributed by atoms with Crippen molar-refractivity contribution < 1.29 is 4.79 Å². The highest BCUT2D eigenvalue weighted by molar-refractivity contribution is 7.99. The first-order valence-corrected chi connectivity index (χ1v) is 11.0. The van der Waals surface area contributed by atoms with Crippen molar-refractivity contribution in [2.24, 2.45) is 0 Å². The molecule has 1 aromatic carbocycles. The van der Waals surface area contributed by atoms with E-state index in [0.29, 0.717) is 34.4 Å². The van der Waals surface area contributed by atoms with Gasteiger partial charge in [0, 0.05) is 19.6 Å². The van der Waals surface area contributed by atoms with Gasteiger partial charge in [0.1, 0.15) is 0 Å². The highest BCUT2D eigenvalue weighted by atomic mass is 32.2. The molecule has 0 radical (unpaired) electrons. The Hall–Kier alpha value is -1.82. The molecule has 0 bridgehead atoms. The summed E-state index contributed by atoms with van der Waals surface area (Å²) in [6.45, 7) is 2.75. The SMILES string of the molecule is CCCCn1c(SCC(=O)N(C)C2CCCCC2)nc2ccccc2c1=O. The van der Waals surface area contributed by atoms with Gasteiger partial charge in [-0.3, -0.25) is 14.2 Å². The van der Waals surface area contributed by atoms with Gasteiger partial charge in [0.05, 0.1) is 16.7 Å². The molecule has 0 N–H and O–H groups in total. The maximum Gasteiger partial charge on any atom is 0.262 e. The fourth-order valence-electron chi connectivity index (χ4n) is 3.67. The van der Waals surface area contributed by atoms with Crippen molar-refractivity contribution in [3.05, 3.63) is 34.6 Å². The van der Waals surface area contributed by atoms with Crippen molar-refractivity contribution in [2.75, 3.05) is 12.8 Å². The third-order valence-electron chi connectivity index (χ3n) is 5.40. The van der Waals surface area contributed by atoms with Crippen LogP contribution in [0.1, 0.15) is 51.9 Å². The van der Waals surface area contributed by atoms with E-state index in [2.05, 4.69) is 11.9 Å². The molecule has 1 aliphatic rings. The number of unbranched alkanes of at least 4 members (excludes halogenated alkanes) is 1. The van der Waals surface area contributed by atoms with Crippen LogP contribution in [0.2, 0.25) is 0 Å². The number of nitrogens with zero attached hydrogens (tertiary/aromatic N) is 3. The third-order valence-corrected chi connectivity index (χ3v) is 6.36. The van der Waals surface area contributed by atoms with Gasteiger partial charge in [-0.25, -0.2) is 4.98 Å². The van der Waals surface area contributed by atoms with Crippen molar-refractivity contribution in [3.63, 3.8) is 0 Å². The van der Waals surface area contributed by atoms with Crippen molar-refractivity contribution in [2.45, 2.75) is 69.6 Å². The summed E-state index contributed by atoms with van der Waals surface area (Å²) in [6, 6.07) is 7.80. The molecule has 0 saturated heterocycles. The first kappa shape index (κ1) is 19.9. The highest BCUT2D eigenvalue weighted by Crippen LogP contribution is 2.24. The summed E-state index contributed by atoms with van der Waals surface area (Å²) < 4.78 is 1.74. The van der Waals surface area contributed by atoms with E-state index in [1.165, 1.54) is 31.0 Å². The zero-order chi connectivity index (χ0) is 19.2. The summed E-state index contributed by atoms with van der Waals surface area (Å²) >= 11 is 1.39. The number of hydrogen-bond donors (Lipinski definition) is 0. The number of rotatable bonds is 7. The van der Waals surface area contributed by atoms with Crippen LogP contribution in [0.3, 0.4) is 0 Å². The van der Waals surface area contributed by atoms with Crippen molar-refractivity contribution in [3.8, 4) is 0 Å². The van der Waals surface area contributed by atoms with Crippen LogP contribution in [0, 0.1) is 0 Å². The second-order valence-corrected chi connectivity index (χ2v) is 8.25. The fraction of sp³-hybridized carbons (Fsp3) is 0.571. The zero-order valence-electron chi connectivity index (χ0n) is 16.3. The van der Waals surface area contributed by atoms with Crippen LogP contribution in [0.5, 0.6) is 0 Å². The Morgan fingerprint density at radius 3 is 2.74 bits per heavy atom. The molecule has 2 aromatic rings. The smallest absolute Gasteiger partial charge is 0.262 e. The predicted octanol–water partition coefficient (Wildman–Crippen LogP) is 4.08. The highest BCUT2D eigenvalue weighted by Gasteiger charge is 2.22. The Balaban J connectivity index is 1.78. The van der Waals surface area contributed by atoms with Gasteiger partial charge in [-0.05, 0) is 31.4 Å². The first-order chi connectivity index (χ1) is 13.1. The standard InChI is InChI=1S/C21H29N3O2S/c1-3-4-14-24-20(26)17-12-8-9-13-18(17)22-21(24)27-15-19(25)23(2)16-10-6-5-7-11-16/h8-9,12-13,16H,3-7,10-11,14-15H2,1-2H3. The molecule has 3 rings (SSSR count). The minimum Gasteiger partial charge on any atom is -0.342 e. The Kier molecular flexibility index (Phi) is 6.94. The van der Waals surface area contributed by atoms with E-state index in [0.717, 1.165) is 25.7 Å². The van der Waals surface area contributed by atoms with Crippen LogP contribution in [0.15, 0.2) is 34.2 Å². The lowest BCUT2D eigenvalue weighted by Gasteiger charge is -2.31. The Bertz CT molecular complexity index is 843. The summed E-state index contributed by atoms with van der Waals surface area (Å²) in [7, 11) is 1.91. The Labute approximate surface area is 165 Å². The van der Waals surface area contributed by atoms with E-state index in [-0.39, 0.29) is 11.5 Å². The lowest BCUT2D eigenvalue weighted by atomic mass is 9.94. The molecule has 1 heterocycles. The van der Waals surface area contributed by atoms with Gasteiger partial charge in [-0.2, -0.15) is 0 Å². The quantitative estimate of drug-likeness (QED) is 0.531. The normalized spacial score (nSPS) is 15.2. The van der Waals surface area contributed by atoms with Crippen LogP contribution in [0.25, 0.3) is 10.9 Å². The number of thioether (sulfide) groups is 1. The molecule has 1 saturated carbocycles. The maximum atomic E-state index is 12.9. The van der Waals surface area contributed by atoms with Crippen molar-refractivity contribution >= 4 is 28.6 Å². The van der Waals surface area contributed by atoms with E-state index in [1.54, 1.807) is 4.57 Å². The maximum absolute atomic E-state index is 12.9. The molecule has 0 spiro atoms. The largest absolute Gasteiger partial charge is 0.342 e. The number of para-hydroxylation sites is 1. The van der Waals surface area contributed by atoms with Gasteiger partial charge in [0.15, 0.2) is 5.16 Å². The Morgan fingerprint density at radius 1 is 1.26 bits per heavy atom. The third kappa shape index (κ3) is 4.72. The van der Waals surface area contributed by atoms with Crippen LogP contribution in [0.4, 0.5) is 0 Å². The molecule has 6 heteroatoms. The molecular weight excluding hydrogens is 358 g/mol. The number of aromatic nitrogens is 2. The minimum absolute atomic E-state index is 0.00960. The molecule has 5 nitrogen and oxygen atoms in total. The molecule has 27 heavy (non-hydrogen) atoms. The zero-order valence-corrected chi connectivity index (χ0v) is 17.1. The van der Waals surface area contributed by atoms with Gasteiger partial charge in [-0.1, -0.05) is 56.5 Å². The van der Waals surface area contributed by atoms with E-state index in [9.17, 15) is 9.59 Å². The molecule has 1 aliphatic carbocycles. The number of carbonyl (C=O) groups is 1. The topological polar surface area (TPSA) is 55.2 Å². The summed E-state index contributed by atoms with van der Waals surface area (Å²) in [4.78, 5) is 32.2. The summed E-state index contributed by atoms with van der Waals surface area (Å²) in [5.74, 6) is 0.445. The average Bonchev–Trinajstić information content (AvgIpc) is 2.71. The molecule has 1 aromatic heterocycles. The van der Waals surface area contributed by atoms with Crippen LogP contribution in [-0.4, -0.2) is 39.2 Å². The number of fused-ring (bicyclic) bond motifs is 1. The monoisotopic (exact) mass is 387 g/mol. The van der Waals surface area contributed by atoms with Gasteiger partial charge in [0.2, 0.25) is 5.91 Å². The summed E-state index contributed by atoms with van der Waals surface area (Å²) in [6.07, 6.45) is 7.81.